The average molecular weight is 612 g/mol. The van der Waals surface area contributed by atoms with E-state index in [1.54, 1.807) is 0 Å². The van der Waals surface area contributed by atoms with Crippen LogP contribution < -0.4 is 26.2 Å². The first kappa shape index (κ1) is 32.7. The van der Waals surface area contributed by atoms with Crippen LogP contribution in [0.2, 0.25) is 0 Å². The van der Waals surface area contributed by atoms with Gasteiger partial charge in [0.05, 0.1) is 0 Å². The van der Waals surface area contributed by atoms with Crippen molar-refractivity contribution >= 4 is 34.9 Å². The highest BCUT2D eigenvalue weighted by molar-refractivity contribution is 5.99. The van der Waals surface area contributed by atoms with Gasteiger partial charge in [-0.1, -0.05) is 25.0 Å². The highest BCUT2D eigenvalue weighted by Gasteiger charge is 2.32. The van der Waals surface area contributed by atoms with Crippen LogP contribution in [-0.2, 0) is 6.18 Å². The van der Waals surface area contributed by atoms with Crippen molar-refractivity contribution in [2.24, 2.45) is 0 Å². The summed E-state index contributed by atoms with van der Waals surface area (Å²) < 4.78 is 39.6. The van der Waals surface area contributed by atoms with Crippen molar-refractivity contribution < 1.29 is 18.0 Å². The molecule has 4 rings (SSSR count). The Kier molecular flexibility index (Phi) is 11.9. The van der Waals surface area contributed by atoms with E-state index in [4.69, 9.17) is 0 Å². The van der Waals surface area contributed by atoms with Crippen molar-refractivity contribution in [3.63, 3.8) is 0 Å². The molecule has 0 radical (unpaired) electrons. The second-order valence-corrected chi connectivity index (χ2v) is 10.5. The number of carbonyl (C=O) groups excluding carboxylic acids is 1. The summed E-state index contributed by atoms with van der Waals surface area (Å²) in [5.74, 6) is -0.466. The molecule has 44 heavy (non-hydrogen) atoms. The number of rotatable bonds is 15. The minimum absolute atomic E-state index is 0.00310. The van der Waals surface area contributed by atoms with E-state index >= 15 is 0 Å². The quantitative estimate of drug-likeness (QED) is 0.136. The van der Waals surface area contributed by atoms with Gasteiger partial charge in [0.1, 0.15) is 22.9 Å². The van der Waals surface area contributed by atoms with Gasteiger partial charge in [0.15, 0.2) is 0 Å². The molecule has 1 saturated heterocycles. The number of anilines is 5. The topological polar surface area (TPSA) is 110 Å². The summed E-state index contributed by atoms with van der Waals surface area (Å²) in [7, 11) is 1.99. The Morgan fingerprint density at radius 2 is 1.73 bits per heavy atom. The molecule has 0 aliphatic carbocycles. The molecular formula is C31H40F3N9O. The van der Waals surface area contributed by atoms with Crippen molar-refractivity contribution in [1.29, 1.82) is 0 Å². The molecule has 3 aromatic rings. The second-order valence-electron chi connectivity index (χ2n) is 10.5. The molecule has 0 saturated carbocycles. The molecule has 1 fully saturated rings. The Bertz CT molecular complexity index is 1360. The fraction of sp³-hybridized carbons (Fsp3) is 0.419. The first-order valence-corrected chi connectivity index (χ1v) is 14.8. The van der Waals surface area contributed by atoms with Crippen LogP contribution in [0, 0.1) is 0 Å². The summed E-state index contributed by atoms with van der Waals surface area (Å²) in [4.78, 5) is 29.9. The summed E-state index contributed by atoms with van der Waals surface area (Å²) in [6.07, 6.45) is 3.20. The van der Waals surface area contributed by atoms with Gasteiger partial charge in [0, 0.05) is 50.3 Å². The summed E-state index contributed by atoms with van der Waals surface area (Å²) in [5.41, 5.74) is 0.817. The minimum Gasteiger partial charge on any atom is -0.369 e. The predicted octanol–water partition coefficient (Wildman–Crippen LogP) is 5.20. The zero-order valence-electron chi connectivity index (χ0n) is 25.0. The molecule has 1 aromatic carbocycles. The fourth-order valence-electron chi connectivity index (χ4n) is 4.85. The maximum absolute atomic E-state index is 13.2. The maximum Gasteiger partial charge on any atom is 0.433 e. The molecule has 2 aromatic heterocycles. The molecule has 1 aliphatic rings. The van der Waals surface area contributed by atoms with Crippen LogP contribution in [0.15, 0.2) is 61.3 Å². The van der Waals surface area contributed by atoms with Gasteiger partial charge in [-0.2, -0.15) is 18.2 Å². The Morgan fingerprint density at radius 1 is 0.977 bits per heavy atom. The summed E-state index contributed by atoms with van der Waals surface area (Å²) in [5, 5.41) is 11.7. The van der Waals surface area contributed by atoms with Crippen molar-refractivity contribution in [2.75, 3.05) is 68.4 Å². The monoisotopic (exact) mass is 611 g/mol. The zero-order valence-corrected chi connectivity index (χ0v) is 25.0. The van der Waals surface area contributed by atoms with E-state index in [2.05, 4.69) is 52.6 Å². The van der Waals surface area contributed by atoms with Crippen molar-refractivity contribution in [2.45, 2.75) is 31.9 Å². The lowest BCUT2D eigenvalue weighted by Gasteiger charge is -2.36. The average Bonchev–Trinajstić information content (AvgIpc) is 3.02. The molecule has 10 nitrogen and oxygen atoms in total. The molecule has 4 N–H and O–H groups in total. The van der Waals surface area contributed by atoms with E-state index in [-0.39, 0.29) is 29.7 Å². The number of aromatic nitrogens is 3. The number of benzene rings is 1. The lowest BCUT2D eigenvalue weighted by Crippen LogP contribution is -2.46. The van der Waals surface area contributed by atoms with Gasteiger partial charge in [-0.3, -0.25) is 9.69 Å². The van der Waals surface area contributed by atoms with Crippen molar-refractivity contribution in [1.82, 2.24) is 30.5 Å². The van der Waals surface area contributed by atoms with Crippen molar-refractivity contribution in [3.05, 3.63) is 72.6 Å². The van der Waals surface area contributed by atoms with Crippen LogP contribution in [-0.4, -0.2) is 78.6 Å². The molecule has 0 atom stereocenters. The first-order valence-electron chi connectivity index (χ1n) is 14.8. The van der Waals surface area contributed by atoms with Crippen LogP contribution in [0.3, 0.4) is 0 Å². The van der Waals surface area contributed by atoms with E-state index < -0.39 is 17.8 Å². The van der Waals surface area contributed by atoms with E-state index in [0.717, 1.165) is 56.7 Å². The lowest BCUT2D eigenvalue weighted by atomic mass is 10.1. The number of alkyl halides is 3. The predicted molar refractivity (Wildman–Crippen MR) is 168 cm³/mol. The Morgan fingerprint density at radius 3 is 2.43 bits per heavy atom. The highest BCUT2D eigenvalue weighted by Crippen LogP contribution is 2.29. The molecule has 3 heterocycles. The van der Waals surface area contributed by atoms with E-state index in [0.29, 0.717) is 0 Å². The van der Waals surface area contributed by atoms with Crippen LogP contribution >= 0.6 is 0 Å². The van der Waals surface area contributed by atoms with Gasteiger partial charge in [-0.05, 0) is 69.4 Å². The van der Waals surface area contributed by atoms with Gasteiger partial charge < -0.3 is 26.2 Å². The first-order chi connectivity index (χ1) is 21.3. The molecule has 0 spiro atoms. The second kappa shape index (κ2) is 16.0. The number of nitrogens with one attached hydrogen (secondary N) is 4. The molecule has 13 heteroatoms. The van der Waals surface area contributed by atoms with Crippen LogP contribution in [0.5, 0.6) is 0 Å². The third kappa shape index (κ3) is 9.64. The number of unbranched alkanes of at least 4 members (excludes halogenated alkanes) is 3. The number of hydrogen-bond acceptors (Lipinski definition) is 9. The third-order valence-electron chi connectivity index (χ3n) is 7.24. The molecule has 0 unspecified atom stereocenters. The molecule has 1 amide bonds. The molecule has 236 valence electrons. The largest absolute Gasteiger partial charge is 0.433 e. The summed E-state index contributed by atoms with van der Waals surface area (Å²) in [6, 6.07) is 11.4. The number of halogens is 3. The zero-order chi connectivity index (χ0) is 31.4. The Labute approximate surface area is 256 Å². The SMILES string of the molecule is C=CCNC(=O)c1cnc(Nc2ccc(N3CCN(CCCCCCNC)CC3)cc2)nc1Nc1cccc(C(F)(F)F)n1. The van der Waals surface area contributed by atoms with Gasteiger partial charge in [0.2, 0.25) is 5.95 Å². The van der Waals surface area contributed by atoms with E-state index in [1.165, 1.54) is 50.1 Å². The number of nitrogens with zero attached hydrogens (tertiary/aromatic N) is 5. The number of pyridine rings is 1. The van der Waals surface area contributed by atoms with E-state index in [1.807, 2.05) is 31.3 Å². The maximum atomic E-state index is 13.2. The highest BCUT2D eigenvalue weighted by atomic mass is 19.4. The van der Waals surface area contributed by atoms with Gasteiger partial charge in [-0.15, -0.1) is 6.58 Å². The fourth-order valence-corrected chi connectivity index (χ4v) is 4.85. The summed E-state index contributed by atoms with van der Waals surface area (Å²) in [6.45, 7) is 9.99. The van der Waals surface area contributed by atoms with Crippen molar-refractivity contribution in [3.8, 4) is 0 Å². The van der Waals surface area contributed by atoms with Gasteiger partial charge in [0.25, 0.3) is 5.91 Å². The van der Waals surface area contributed by atoms with Crippen LogP contribution in [0.25, 0.3) is 0 Å². The number of carbonyl (C=O) groups is 1. The number of hydrogen-bond donors (Lipinski definition) is 4. The van der Waals surface area contributed by atoms with Crippen LogP contribution in [0.1, 0.15) is 41.7 Å². The Balaban J connectivity index is 1.38. The smallest absolute Gasteiger partial charge is 0.369 e. The normalized spacial score (nSPS) is 13.9. The van der Waals surface area contributed by atoms with E-state index in [9.17, 15) is 18.0 Å². The van der Waals surface area contributed by atoms with Gasteiger partial charge >= 0.3 is 6.18 Å². The lowest BCUT2D eigenvalue weighted by molar-refractivity contribution is -0.141. The van der Waals surface area contributed by atoms with Gasteiger partial charge in [-0.25, -0.2) is 9.97 Å². The number of piperazine rings is 1. The number of amides is 1. The molecular weight excluding hydrogens is 571 g/mol. The standard InChI is InChI=1S/C31H40F3N9O/c1-3-15-36-29(44)25-22-37-30(41-28(25)40-27-10-8-9-26(39-27)31(32,33)34)38-23-11-13-24(14-12-23)43-20-18-42(19-21-43)17-7-5-4-6-16-35-2/h3,8-14,22,35H,1,4-7,15-21H2,2H3,(H,36,44)(H2,37,38,39,40,41). The minimum atomic E-state index is -4.62. The molecule has 0 bridgehead atoms. The van der Waals surface area contributed by atoms with Crippen LogP contribution in [0.4, 0.5) is 42.1 Å². The molecule has 1 aliphatic heterocycles. The Hall–Kier alpha value is -4.23. The summed E-state index contributed by atoms with van der Waals surface area (Å²) >= 11 is 0. The third-order valence-corrected chi connectivity index (χ3v) is 7.24.